The maximum atomic E-state index is 13.1. The van der Waals surface area contributed by atoms with E-state index < -0.39 is 0 Å². The molecule has 3 aromatic rings. The van der Waals surface area contributed by atoms with Crippen molar-refractivity contribution >= 4 is 51.3 Å². The number of amides is 1. The van der Waals surface area contributed by atoms with Crippen LogP contribution >= 0.6 is 34.4 Å². The van der Waals surface area contributed by atoms with Crippen LogP contribution < -0.4 is 5.32 Å². The molecule has 1 saturated heterocycles. The largest absolute Gasteiger partial charge is 0.462 e. The van der Waals surface area contributed by atoms with Gasteiger partial charge < -0.3 is 14.8 Å². The first kappa shape index (κ1) is 27.4. The van der Waals surface area contributed by atoms with Crippen molar-refractivity contribution in [2.45, 2.75) is 83.0 Å². The molecular weight excluding hydrogens is 541 g/mol. The SMILES string of the molecule is CCOC(=O)c1c(NC(=O)CSc2nnc(-c3csc(CC)c3)n2CC2CCCO2)sc2c1CCCCC2. The summed E-state index contributed by atoms with van der Waals surface area (Å²) in [5, 5.41) is 15.4. The number of rotatable bonds is 10. The lowest BCUT2D eigenvalue weighted by molar-refractivity contribution is -0.113. The van der Waals surface area contributed by atoms with Crippen LogP contribution in [-0.2, 0) is 40.1 Å². The quantitative estimate of drug-likeness (QED) is 0.181. The van der Waals surface area contributed by atoms with E-state index in [-0.39, 0.29) is 23.7 Å². The minimum Gasteiger partial charge on any atom is -0.462 e. The number of hydrogen-bond acceptors (Lipinski definition) is 9. The highest BCUT2D eigenvalue weighted by atomic mass is 32.2. The van der Waals surface area contributed by atoms with Crippen LogP contribution in [0.5, 0.6) is 0 Å². The molecule has 3 aromatic heterocycles. The second-order valence-corrected chi connectivity index (χ2v) is 12.6. The minimum absolute atomic E-state index is 0.121. The highest BCUT2D eigenvalue weighted by Crippen LogP contribution is 2.38. The van der Waals surface area contributed by atoms with Crippen molar-refractivity contribution in [3.05, 3.63) is 32.3 Å². The first-order valence-corrected chi connectivity index (χ1v) is 16.1. The molecule has 1 fully saturated rings. The molecule has 38 heavy (non-hydrogen) atoms. The van der Waals surface area contributed by atoms with E-state index in [9.17, 15) is 9.59 Å². The Balaban J connectivity index is 1.33. The van der Waals surface area contributed by atoms with Crippen LogP contribution in [0.15, 0.2) is 16.6 Å². The maximum absolute atomic E-state index is 13.1. The number of carbonyl (C=O) groups excluding carboxylic acids is 2. The van der Waals surface area contributed by atoms with Gasteiger partial charge in [-0.15, -0.1) is 32.9 Å². The van der Waals surface area contributed by atoms with E-state index in [1.807, 2.05) is 0 Å². The van der Waals surface area contributed by atoms with Crippen LogP contribution in [0.2, 0.25) is 0 Å². The van der Waals surface area contributed by atoms with E-state index in [2.05, 4.69) is 38.5 Å². The molecule has 1 aliphatic carbocycles. The second-order valence-electron chi connectivity index (χ2n) is 9.53. The second kappa shape index (κ2) is 12.8. The van der Waals surface area contributed by atoms with Crippen LogP contribution in [0.1, 0.15) is 71.6 Å². The molecule has 0 aromatic carbocycles. The molecule has 1 amide bonds. The molecule has 5 rings (SSSR count). The van der Waals surface area contributed by atoms with Crippen LogP contribution in [0, 0.1) is 0 Å². The maximum Gasteiger partial charge on any atom is 0.341 e. The molecule has 1 N–H and O–H groups in total. The summed E-state index contributed by atoms with van der Waals surface area (Å²) in [7, 11) is 0. The fourth-order valence-corrected chi connectivity index (χ4v) is 7.85. The number of aryl methyl sites for hydroxylation is 2. The van der Waals surface area contributed by atoms with Gasteiger partial charge in [0, 0.05) is 27.3 Å². The first-order valence-electron chi connectivity index (χ1n) is 13.4. The zero-order chi connectivity index (χ0) is 26.5. The standard InChI is InChI=1S/C27H34N4O4S3/c1-3-19-13-17(15-36-19)24-29-30-27(31(24)14-18-9-8-12-35-18)37-16-22(32)28-25-23(26(33)34-4-2)20-10-6-5-7-11-21(20)38-25/h13,15,18H,3-12,14,16H2,1-2H3,(H,28,32). The lowest BCUT2D eigenvalue weighted by atomic mass is 10.1. The van der Waals surface area contributed by atoms with E-state index in [0.29, 0.717) is 28.9 Å². The summed E-state index contributed by atoms with van der Waals surface area (Å²) in [5.41, 5.74) is 2.64. The van der Waals surface area contributed by atoms with Gasteiger partial charge in [0.1, 0.15) is 5.00 Å². The third-order valence-corrected chi connectivity index (χ3v) is 10.1. The Morgan fingerprint density at radius 1 is 1.21 bits per heavy atom. The van der Waals surface area contributed by atoms with Crippen LogP contribution in [0.3, 0.4) is 0 Å². The van der Waals surface area contributed by atoms with Gasteiger partial charge in [-0.1, -0.05) is 25.1 Å². The highest BCUT2D eigenvalue weighted by molar-refractivity contribution is 7.99. The van der Waals surface area contributed by atoms with Gasteiger partial charge in [0.2, 0.25) is 5.91 Å². The normalized spacial score (nSPS) is 17.3. The van der Waals surface area contributed by atoms with Gasteiger partial charge in [-0.05, 0) is 63.5 Å². The minimum atomic E-state index is -0.349. The molecule has 0 saturated carbocycles. The average Bonchev–Trinajstić information content (AvgIpc) is 3.69. The van der Waals surface area contributed by atoms with E-state index in [1.54, 1.807) is 18.3 Å². The third-order valence-electron chi connectivity index (χ3n) is 6.87. The van der Waals surface area contributed by atoms with Gasteiger partial charge >= 0.3 is 5.97 Å². The molecule has 2 aliphatic rings. The van der Waals surface area contributed by atoms with Gasteiger partial charge in [-0.3, -0.25) is 9.36 Å². The Morgan fingerprint density at radius 2 is 2.08 bits per heavy atom. The van der Waals surface area contributed by atoms with Gasteiger partial charge in [0.05, 0.1) is 30.6 Å². The van der Waals surface area contributed by atoms with Gasteiger partial charge in [0.15, 0.2) is 11.0 Å². The summed E-state index contributed by atoms with van der Waals surface area (Å²) in [4.78, 5) is 28.4. The van der Waals surface area contributed by atoms with Crippen molar-refractivity contribution in [2.24, 2.45) is 0 Å². The molecule has 11 heteroatoms. The fraction of sp³-hybridized carbons (Fsp3) is 0.556. The van der Waals surface area contributed by atoms with Crippen molar-refractivity contribution in [1.82, 2.24) is 14.8 Å². The highest BCUT2D eigenvalue weighted by Gasteiger charge is 2.27. The van der Waals surface area contributed by atoms with E-state index in [1.165, 1.54) is 32.9 Å². The fourth-order valence-electron chi connectivity index (χ4n) is 4.99. The Labute approximate surface area is 235 Å². The van der Waals surface area contributed by atoms with Crippen molar-refractivity contribution in [3.63, 3.8) is 0 Å². The van der Waals surface area contributed by atoms with Gasteiger partial charge in [-0.2, -0.15) is 0 Å². The predicted molar refractivity (Wildman–Crippen MR) is 153 cm³/mol. The number of anilines is 1. The number of thiophene rings is 2. The molecule has 0 radical (unpaired) electrons. The lowest BCUT2D eigenvalue weighted by Crippen LogP contribution is -2.19. The number of nitrogens with zero attached hydrogens (tertiary/aromatic N) is 3. The van der Waals surface area contributed by atoms with Crippen LogP contribution in [0.4, 0.5) is 5.00 Å². The number of ether oxygens (including phenoxy) is 2. The Morgan fingerprint density at radius 3 is 2.84 bits per heavy atom. The van der Waals surface area contributed by atoms with Crippen molar-refractivity contribution in [2.75, 3.05) is 24.3 Å². The van der Waals surface area contributed by atoms with Crippen molar-refractivity contribution < 1.29 is 19.1 Å². The molecule has 1 atom stereocenters. The van der Waals surface area contributed by atoms with Crippen molar-refractivity contribution in [1.29, 1.82) is 0 Å². The molecular formula is C27H34N4O4S3. The summed E-state index contributed by atoms with van der Waals surface area (Å²) in [5.74, 6) is 0.455. The number of carbonyl (C=O) groups is 2. The van der Waals surface area contributed by atoms with Crippen molar-refractivity contribution in [3.8, 4) is 11.4 Å². The number of aromatic nitrogens is 3. The molecule has 4 heterocycles. The topological polar surface area (TPSA) is 95.3 Å². The van der Waals surface area contributed by atoms with Crippen LogP contribution in [0.25, 0.3) is 11.4 Å². The van der Waals surface area contributed by atoms with E-state index >= 15 is 0 Å². The first-order chi connectivity index (χ1) is 18.6. The number of hydrogen-bond donors (Lipinski definition) is 1. The molecule has 8 nitrogen and oxygen atoms in total. The van der Waals surface area contributed by atoms with E-state index in [4.69, 9.17) is 9.47 Å². The summed E-state index contributed by atoms with van der Waals surface area (Å²) < 4.78 is 13.3. The van der Waals surface area contributed by atoms with Gasteiger partial charge in [0.25, 0.3) is 0 Å². The summed E-state index contributed by atoms with van der Waals surface area (Å²) in [6.45, 7) is 5.69. The van der Waals surface area contributed by atoms with E-state index in [0.717, 1.165) is 74.9 Å². The Bertz CT molecular complexity index is 1280. The molecule has 0 spiro atoms. The Kier molecular flexibility index (Phi) is 9.19. The zero-order valence-electron chi connectivity index (χ0n) is 21.9. The number of thioether (sulfide) groups is 1. The van der Waals surface area contributed by atoms with Gasteiger partial charge in [-0.25, -0.2) is 4.79 Å². The molecule has 1 unspecified atom stereocenters. The Hall–Kier alpha value is -2.21. The van der Waals surface area contributed by atoms with Crippen LogP contribution in [-0.4, -0.2) is 51.7 Å². The molecule has 1 aliphatic heterocycles. The molecule has 204 valence electrons. The predicted octanol–water partition coefficient (Wildman–Crippen LogP) is 5.99. The number of esters is 1. The smallest absolute Gasteiger partial charge is 0.341 e. The average molecular weight is 575 g/mol. The number of fused-ring (bicyclic) bond motifs is 1. The lowest BCUT2D eigenvalue weighted by Gasteiger charge is -2.14. The third kappa shape index (κ3) is 6.16. The number of nitrogens with one attached hydrogen (secondary N) is 1. The zero-order valence-corrected chi connectivity index (χ0v) is 24.4. The summed E-state index contributed by atoms with van der Waals surface area (Å²) in [6.07, 6.45) is 8.25. The monoisotopic (exact) mass is 574 g/mol. The molecule has 0 bridgehead atoms. The summed E-state index contributed by atoms with van der Waals surface area (Å²) in [6, 6.07) is 2.17. The summed E-state index contributed by atoms with van der Waals surface area (Å²) >= 11 is 4.61.